The molecule has 16 heavy (non-hydrogen) atoms. The molecule has 1 amide bonds. The molecule has 0 aliphatic carbocycles. The van der Waals surface area contributed by atoms with Crippen molar-refractivity contribution < 1.29 is 9.90 Å². The number of carbonyl (C=O) groups excluding carboxylic acids is 1. The summed E-state index contributed by atoms with van der Waals surface area (Å²) in [6.45, 7) is 1.20. The number of carbonyl (C=O) groups is 1. The normalized spacial score (nSPS) is 24.7. The van der Waals surface area contributed by atoms with Gasteiger partial charge in [0.25, 0.3) is 5.91 Å². The van der Waals surface area contributed by atoms with Gasteiger partial charge in [-0.3, -0.25) is 4.79 Å². The minimum Gasteiger partial charge on any atom is -0.390 e. The van der Waals surface area contributed by atoms with Crippen molar-refractivity contribution in [3.63, 3.8) is 0 Å². The predicted molar refractivity (Wildman–Crippen MR) is 60.2 cm³/mol. The molecule has 0 bridgehead atoms. The van der Waals surface area contributed by atoms with Crippen molar-refractivity contribution in [2.24, 2.45) is 7.05 Å². The molecule has 0 radical (unpaired) electrons. The average molecular weight is 223 g/mol. The third-order valence-electron chi connectivity index (χ3n) is 3.13. The summed E-state index contributed by atoms with van der Waals surface area (Å²) in [6, 6.07) is 3.49. The lowest BCUT2D eigenvalue weighted by Gasteiger charge is -2.26. The van der Waals surface area contributed by atoms with Gasteiger partial charge < -0.3 is 19.9 Å². The summed E-state index contributed by atoms with van der Waals surface area (Å²) in [5.74, 6) is -0.0553. The summed E-state index contributed by atoms with van der Waals surface area (Å²) < 4.78 is 1.79. The zero-order chi connectivity index (χ0) is 11.7. The Morgan fingerprint density at radius 3 is 2.88 bits per heavy atom. The van der Waals surface area contributed by atoms with Crippen molar-refractivity contribution in [2.75, 3.05) is 20.1 Å². The number of β-amino-alcohol motifs (C(OH)–C–C–N with tert-alkyl or cyclic N) is 1. The van der Waals surface area contributed by atoms with Gasteiger partial charge in [0, 0.05) is 33.4 Å². The summed E-state index contributed by atoms with van der Waals surface area (Å²) >= 11 is 0. The standard InChI is InChI=1S/C11H17N3O2/c1-13-5-3-4-8(13)11(16)14(2)9-6-12-7-10(9)15/h3-5,9-10,12,15H,6-7H2,1-2H3. The van der Waals surface area contributed by atoms with Gasteiger partial charge in [-0.05, 0) is 12.1 Å². The maximum Gasteiger partial charge on any atom is 0.270 e. The molecule has 2 heterocycles. The predicted octanol–water partition coefficient (Wildman–Crippen LogP) is -0.570. The summed E-state index contributed by atoms with van der Waals surface area (Å²) in [7, 11) is 3.57. The van der Waals surface area contributed by atoms with Crippen LogP contribution >= 0.6 is 0 Å². The van der Waals surface area contributed by atoms with E-state index in [1.807, 2.05) is 19.3 Å². The molecule has 2 atom stereocenters. The number of rotatable bonds is 2. The van der Waals surface area contributed by atoms with Crippen LogP contribution in [0.3, 0.4) is 0 Å². The number of hydrogen-bond acceptors (Lipinski definition) is 3. The molecule has 1 aromatic rings. The third kappa shape index (κ3) is 1.83. The number of aliphatic hydroxyl groups excluding tert-OH is 1. The molecule has 1 aliphatic rings. The highest BCUT2D eigenvalue weighted by atomic mass is 16.3. The zero-order valence-electron chi connectivity index (χ0n) is 9.55. The summed E-state index contributed by atoms with van der Waals surface area (Å²) in [5, 5.41) is 12.8. The van der Waals surface area contributed by atoms with E-state index in [9.17, 15) is 9.90 Å². The molecule has 5 nitrogen and oxygen atoms in total. The van der Waals surface area contributed by atoms with E-state index < -0.39 is 6.10 Å². The minimum atomic E-state index is -0.478. The Kier molecular flexibility index (Phi) is 2.98. The first-order valence-corrected chi connectivity index (χ1v) is 5.38. The molecule has 0 aromatic carbocycles. The molecule has 2 N–H and O–H groups in total. The third-order valence-corrected chi connectivity index (χ3v) is 3.13. The van der Waals surface area contributed by atoms with Gasteiger partial charge in [-0.15, -0.1) is 0 Å². The second-order valence-electron chi connectivity index (χ2n) is 4.21. The molecule has 0 saturated carbocycles. The van der Waals surface area contributed by atoms with Crippen LogP contribution in [0.25, 0.3) is 0 Å². The monoisotopic (exact) mass is 223 g/mol. The highest BCUT2D eigenvalue weighted by Crippen LogP contribution is 2.12. The Morgan fingerprint density at radius 1 is 1.62 bits per heavy atom. The number of aromatic nitrogens is 1. The van der Waals surface area contributed by atoms with Crippen LogP contribution in [0, 0.1) is 0 Å². The molecule has 2 unspecified atom stereocenters. The smallest absolute Gasteiger partial charge is 0.270 e. The van der Waals surface area contributed by atoms with Crippen molar-refractivity contribution in [3.8, 4) is 0 Å². The van der Waals surface area contributed by atoms with E-state index in [-0.39, 0.29) is 11.9 Å². The molecule has 1 aliphatic heterocycles. The maximum absolute atomic E-state index is 12.1. The van der Waals surface area contributed by atoms with E-state index >= 15 is 0 Å². The second-order valence-corrected chi connectivity index (χ2v) is 4.21. The Morgan fingerprint density at radius 2 is 2.38 bits per heavy atom. The zero-order valence-corrected chi connectivity index (χ0v) is 9.55. The fourth-order valence-electron chi connectivity index (χ4n) is 2.06. The first-order chi connectivity index (χ1) is 7.61. The highest BCUT2D eigenvalue weighted by molar-refractivity contribution is 5.92. The van der Waals surface area contributed by atoms with Gasteiger partial charge in [0.2, 0.25) is 0 Å². The number of nitrogens with zero attached hydrogens (tertiary/aromatic N) is 2. The summed E-state index contributed by atoms with van der Waals surface area (Å²) in [6.07, 6.45) is 1.36. The molecular formula is C11H17N3O2. The van der Waals surface area contributed by atoms with Crippen molar-refractivity contribution in [1.82, 2.24) is 14.8 Å². The van der Waals surface area contributed by atoms with Gasteiger partial charge in [-0.25, -0.2) is 0 Å². The first-order valence-electron chi connectivity index (χ1n) is 5.38. The van der Waals surface area contributed by atoms with Crippen LogP contribution in [0.15, 0.2) is 18.3 Å². The molecule has 0 spiro atoms. The average Bonchev–Trinajstić information content (AvgIpc) is 2.85. The van der Waals surface area contributed by atoms with Gasteiger partial charge in [-0.1, -0.05) is 0 Å². The SMILES string of the molecule is CN(C(=O)c1cccn1C)C1CNCC1O. The van der Waals surface area contributed by atoms with E-state index in [0.717, 1.165) is 0 Å². The van der Waals surface area contributed by atoms with Crippen LogP contribution < -0.4 is 5.32 Å². The molecule has 1 aromatic heterocycles. The molecule has 1 saturated heterocycles. The summed E-state index contributed by atoms with van der Waals surface area (Å²) in [4.78, 5) is 13.7. The Labute approximate surface area is 94.7 Å². The number of hydrogen-bond donors (Lipinski definition) is 2. The van der Waals surface area contributed by atoms with Crippen LogP contribution in [-0.4, -0.2) is 52.8 Å². The molecule has 1 fully saturated rings. The fraction of sp³-hybridized carbons (Fsp3) is 0.545. The lowest BCUT2D eigenvalue weighted by Crippen LogP contribution is -2.44. The van der Waals surface area contributed by atoms with E-state index in [0.29, 0.717) is 18.8 Å². The maximum atomic E-state index is 12.1. The van der Waals surface area contributed by atoms with Gasteiger partial charge >= 0.3 is 0 Å². The highest BCUT2D eigenvalue weighted by Gasteiger charge is 2.32. The van der Waals surface area contributed by atoms with Crippen molar-refractivity contribution in [1.29, 1.82) is 0 Å². The van der Waals surface area contributed by atoms with Crippen LogP contribution in [0.1, 0.15) is 10.5 Å². The fourth-order valence-corrected chi connectivity index (χ4v) is 2.06. The molecule has 5 heteroatoms. The molecular weight excluding hydrogens is 206 g/mol. The van der Waals surface area contributed by atoms with E-state index in [4.69, 9.17) is 0 Å². The number of aliphatic hydroxyl groups is 1. The topological polar surface area (TPSA) is 57.5 Å². The number of amides is 1. The van der Waals surface area contributed by atoms with Gasteiger partial charge in [-0.2, -0.15) is 0 Å². The Balaban J connectivity index is 2.13. The molecule has 2 rings (SSSR count). The van der Waals surface area contributed by atoms with Crippen molar-refractivity contribution in [3.05, 3.63) is 24.0 Å². The van der Waals surface area contributed by atoms with E-state index in [2.05, 4.69) is 5.32 Å². The van der Waals surface area contributed by atoms with Gasteiger partial charge in [0.15, 0.2) is 0 Å². The van der Waals surface area contributed by atoms with Crippen molar-refractivity contribution in [2.45, 2.75) is 12.1 Å². The van der Waals surface area contributed by atoms with E-state index in [1.54, 1.807) is 22.6 Å². The van der Waals surface area contributed by atoms with Crippen LogP contribution in [0.4, 0.5) is 0 Å². The first kappa shape index (κ1) is 11.2. The Hall–Kier alpha value is -1.33. The van der Waals surface area contributed by atoms with Crippen LogP contribution in [-0.2, 0) is 7.05 Å². The number of nitrogens with one attached hydrogen (secondary N) is 1. The Bertz CT molecular complexity index is 388. The number of likely N-dealkylation sites (N-methyl/N-ethyl adjacent to an activating group) is 1. The second kappa shape index (κ2) is 4.27. The largest absolute Gasteiger partial charge is 0.390 e. The van der Waals surface area contributed by atoms with Crippen LogP contribution in [0.2, 0.25) is 0 Å². The minimum absolute atomic E-state index is 0.0553. The number of aryl methyl sites for hydroxylation is 1. The quantitative estimate of drug-likeness (QED) is 0.706. The van der Waals surface area contributed by atoms with Gasteiger partial charge in [0.05, 0.1) is 12.1 Å². The lowest BCUT2D eigenvalue weighted by atomic mass is 10.2. The summed E-state index contributed by atoms with van der Waals surface area (Å²) in [5.41, 5.74) is 0.640. The van der Waals surface area contributed by atoms with Crippen LogP contribution in [0.5, 0.6) is 0 Å². The van der Waals surface area contributed by atoms with Crippen molar-refractivity contribution >= 4 is 5.91 Å². The van der Waals surface area contributed by atoms with Gasteiger partial charge in [0.1, 0.15) is 5.69 Å². The lowest BCUT2D eigenvalue weighted by molar-refractivity contribution is 0.0572. The van der Waals surface area contributed by atoms with E-state index in [1.165, 1.54) is 0 Å². The molecule has 88 valence electrons.